The number of hydrogen-bond acceptors (Lipinski definition) is 1. The van der Waals surface area contributed by atoms with Gasteiger partial charge in [0, 0.05) is 12.1 Å². The molecule has 0 atom stereocenters. The molecule has 1 aromatic rings. The maximum absolute atomic E-state index is 11.8. The Morgan fingerprint density at radius 3 is 2.31 bits per heavy atom. The molecule has 2 nitrogen and oxygen atoms in total. The molecule has 0 radical (unpaired) electrons. The molecule has 1 N–H and O–H groups in total. The topological polar surface area (TPSA) is 29.1 Å². The Balaban J connectivity index is 2.63. The molecule has 0 bridgehead atoms. The average Bonchev–Trinajstić information content (AvgIpc) is 2.25. The van der Waals surface area contributed by atoms with Crippen LogP contribution in [-0.2, 0) is 0 Å². The second-order valence-electron chi connectivity index (χ2n) is 5.07. The molecule has 86 valence electrons. The molecule has 0 spiro atoms. The minimum atomic E-state index is -0.0227. The Labute approximate surface area is 97.4 Å². The standard InChI is InChI=1S/C14H19NO/c1-5-11-6-8-12(9-7-11)13(16)15-10-14(2,3)4/h5-9H,1,10H2,2-4H3,(H,15,16). The zero-order valence-electron chi connectivity index (χ0n) is 10.2. The highest BCUT2D eigenvalue weighted by atomic mass is 16.1. The molecule has 0 fully saturated rings. The van der Waals surface area contributed by atoms with Crippen LogP contribution in [0.2, 0.25) is 0 Å². The number of carbonyl (C=O) groups is 1. The molecule has 0 saturated heterocycles. The van der Waals surface area contributed by atoms with E-state index in [2.05, 4.69) is 32.7 Å². The van der Waals surface area contributed by atoms with Crippen LogP contribution in [0.4, 0.5) is 0 Å². The molecule has 0 heterocycles. The molecule has 0 saturated carbocycles. The summed E-state index contributed by atoms with van der Waals surface area (Å²) in [4.78, 5) is 11.8. The van der Waals surface area contributed by atoms with Gasteiger partial charge in [0.15, 0.2) is 0 Å². The first-order valence-electron chi connectivity index (χ1n) is 5.43. The van der Waals surface area contributed by atoms with Crippen LogP contribution in [0.1, 0.15) is 36.7 Å². The summed E-state index contributed by atoms with van der Waals surface area (Å²) < 4.78 is 0. The van der Waals surface area contributed by atoms with Crippen LogP contribution in [0, 0.1) is 5.41 Å². The number of rotatable bonds is 3. The third-order valence-electron chi connectivity index (χ3n) is 2.19. The van der Waals surface area contributed by atoms with Gasteiger partial charge >= 0.3 is 0 Å². The summed E-state index contributed by atoms with van der Waals surface area (Å²) in [6.45, 7) is 10.6. The fraction of sp³-hybridized carbons (Fsp3) is 0.357. The number of benzene rings is 1. The lowest BCUT2D eigenvalue weighted by Crippen LogP contribution is -2.32. The average molecular weight is 217 g/mol. The quantitative estimate of drug-likeness (QED) is 0.828. The normalized spacial score (nSPS) is 10.9. The lowest BCUT2D eigenvalue weighted by atomic mass is 9.97. The number of nitrogens with one attached hydrogen (secondary N) is 1. The van der Waals surface area contributed by atoms with Crippen molar-refractivity contribution in [3.8, 4) is 0 Å². The van der Waals surface area contributed by atoms with Gasteiger partial charge in [-0.15, -0.1) is 0 Å². The van der Waals surface area contributed by atoms with Crippen LogP contribution in [0.3, 0.4) is 0 Å². The van der Waals surface area contributed by atoms with Crippen molar-refractivity contribution in [2.45, 2.75) is 20.8 Å². The van der Waals surface area contributed by atoms with Gasteiger partial charge in [0.25, 0.3) is 5.91 Å². The lowest BCUT2D eigenvalue weighted by Gasteiger charge is -2.18. The van der Waals surface area contributed by atoms with Crippen molar-refractivity contribution in [3.05, 3.63) is 42.0 Å². The van der Waals surface area contributed by atoms with E-state index in [4.69, 9.17) is 0 Å². The van der Waals surface area contributed by atoms with Crippen molar-refractivity contribution < 1.29 is 4.79 Å². The maximum atomic E-state index is 11.8. The predicted octanol–water partition coefficient (Wildman–Crippen LogP) is 3.11. The van der Waals surface area contributed by atoms with Gasteiger partial charge < -0.3 is 5.32 Å². The molecule has 0 aromatic heterocycles. The van der Waals surface area contributed by atoms with Gasteiger partial charge in [-0.05, 0) is 23.1 Å². The number of hydrogen-bond donors (Lipinski definition) is 1. The fourth-order valence-electron chi connectivity index (χ4n) is 1.22. The van der Waals surface area contributed by atoms with E-state index in [1.165, 1.54) is 0 Å². The lowest BCUT2D eigenvalue weighted by molar-refractivity contribution is 0.0939. The van der Waals surface area contributed by atoms with Crippen LogP contribution in [-0.4, -0.2) is 12.5 Å². The van der Waals surface area contributed by atoms with E-state index in [0.29, 0.717) is 12.1 Å². The van der Waals surface area contributed by atoms with Gasteiger partial charge in [0.2, 0.25) is 0 Å². The van der Waals surface area contributed by atoms with Crippen LogP contribution >= 0.6 is 0 Å². The second-order valence-corrected chi connectivity index (χ2v) is 5.07. The van der Waals surface area contributed by atoms with E-state index in [9.17, 15) is 4.79 Å². The van der Waals surface area contributed by atoms with Crippen LogP contribution < -0.4 is 5.32 Å². The molecular formula is C14H19NO. The summed E-state index contributed by atoms with van der Waals surface area (Å²) in [5, 5.41) is 2.91. The summed E-state index contributed by atoms with van der Waals surface area (Å²) >= 11 is 0. The Bertz CT molecular complexity index is 371. The van der Waals surface area contributed by atoms with Gasteiger partial charge in [0.1, 0.15) is 0 Å². The van der Waals surface area contributed by atoms with Crippen molar-refractivity contribution in [2.75, 3.05) is 6.54 Å². The monoisotopic (exact) mass is 217 g/mol. The molecule has 0 unspecified atom stereocenters. The van der Waals surface area contributed by atoms with E-state index in [1.807, 2.05) is 24.3 Å². The first-order chi connectivity index (χ1) is 7.42. The Hall–Kier alpha value is -1.57. The van der Waals surface area contributed by atoms with Crippen molar-refractivity contribution >= 4 is 12.0 Å². The summed E-state index contributed by atoms with van der Waals surface area (Å²) in [6.07, 6.45) is 1.76. The third kappa shape index (κ3) is 3.89. The molecule has 0 aliphatic heterocycles. The zero-order chi connectivity index (χ0) is 12.2. The largest absolute Gasteiger partial charge is 0.352 e. The highest BCUT2D eigenvalue weighted by Gasteiger charge is 2.12. The van der Waals surface area contributed by atoms with Crippen molar-refractivity contribution in [1.29, 1.82) is 0 Å². The molecule has 0 aliphatic carbocycles. The van der Waals surface area contributed by atoms with Crippen molar-refractivity contribution in [3.63, 3.8) is 0 Å². The molecule has 0 aliphatic rings. The predicted molar refractivity (Wildman–Crippen MR) is 68.3 cm³/mol. The van der Waals surface area contributed by atoms with Gasteiger partial charge in [0.05, 0.1) is 0 Å². The van der Waals surface area contributed by atoms with Crippen molar-refractivity contribution in [1.82, 2.24) is 5.32 Å². The molecule has 1 aromatic carbocycles. The number of carbonyl (C=O) groups excluding carboxylic acids is 1. The summed E-state index contributed by atoms with van der Waals surface area (Å²) in [7, 11) is 0. The van der Waals surface area contributed by atoms with Gasteiger partial charge in [-0.25, -0.2) is 0 Å². The highest BCUT2D eigenvalue weighted by molar-refractivity contribution is 5.94. The highest BCUT2D eigenvalue weighted by Crippen LogP contribution is 2.11. The van der Waals surface area contributed by atoms with Crippen molar-refractivity contribution in [2.24, 2.45) is 5.41 Å². The van der Waals surface area contributed by atoms with E-state index >= 15 is 0 Å². The summed E-state index contributed by atoms with van der Waals surface area (Å²) in [5.41, 5.74) is 1.82. The Kier molecular flexibility index (Phi) is 3.88. The zero-order valence-corrected chi connectivity index (χ0v) is 10.2. The molecule has 2 heteroatoms. The molecule has 1 amide bonds. The van der Waals surface area contributed by atoms with Gasteiger partial charge in [-0.2, -0.15) is 0 Å². The third-order valence-corrected chi connectivity index (χ3v) is 2.19. The van der Waals surface area contributed by atoms with Crippen LogP contribution in [0.5, 0.6) is 0 Å². The minimum absolute atomic E-state index is 0.0227. The second kappa shape index (κ2) is 4.97. The fourth-order valence-corrected chi connectivity index (χ4v) is 1.22. The SMILES string of the molecule is C=Cc1ccc(C(=O)NCC(C)(C)C)cc1. The summed E-state index contributed by atoms with van der Waals surface area (Å²) in [6, 6.07) is 7.40. The maximum Gasteiger partial charge on any atom is 0.251 e. The first-order valence-corrected chi connectivity index (χ1v) is 5.43. The minimum Gasteiger partial charge on any atom is -0.352 e. The number of amides is 1. The smallest absolute Gasteiger partial charge is 0.251 e. The van der Waals surface area contributed by atoms with Crippen LogP contribution in [0.25, 0.3) is 6.08 Å². The Morgan fingerprint density at radius 1 is 1.31 bits per heavy atom. The molecular weight excluding hydrogens is 198 g/mol. The van der Waals surface area contributed by atoms with Gasteiger partial charge in [-0.3, -0.25) is 4.79 Å². The van der Waals surface area contributed by atoms with Crippen LogP contribution in [0.15, 0.2) is 30.8 Å². The van der Waals surface area contributed by atoms with E-state index in [-0.39, 0.29) is 11.3 Å². The molecule has 16 heavy (non-hydrogen) atoms. The van der Waals surface area contributed by atoms with Gasteiger partial charge in [-0.1, -0.05) is 45.6 Å². The summed E-state index contributed by atoms with van der Waals surface area (Å²) in [5.74, 6) is -0.0227. The molecule has 1 rings (SSSR count). The Morgan fingerprint density at radius 2 is 1.88 bits per heavy atom. The van der Waals surface area contributed by atoms with E-state index < -0.39 is 0 Å². The van der Waals surface area contributed by atoms with E-state index in [1.54, 1.807) is 6.08 Å². The first kappa shape index (κ1) is 12.5. The van der Waals surface area contributed by atoms with E-state index in [0.717, 1.165) is 5.56 Å².